The second-order valence-electron chi connectivity index (χ2n) is 5.55. The molecule has 0 spiro atoms. The third kappa shape index (κ3) is 4.26. The zero-order valence-corrected chi connectivity index (χ0v) is 14.9. The van der Waals surface area contributed by atoms with Crippen molar-refractivity contribution in [3.8, 4) is 22.8 Å². The highest BCUT2D eigenvalue weighted by molar-refractivity contribution is 7.08. The molecule has 4 rings (SSSR count). The van der Waals surface area contributed by atoms with Gasteiger partial charge in [-0.1, -0.05) is 23.4 Å². The molecular weight excluding hydrogens is 368 g/mol. The second kappa shape index (κ2) is 7.92. The number of aromatic nitrogens is 4. The maximum atomic E-state index is 11.9. The Morgan fingerprint density at radius 3 is 2.78 bits per heavy atom. The highest BCUT2D eigenvalue weighted by atomic mass is 32.1. The maximum absolute atomic E-state index is 11.9. The summed E-state index contributed by atoms with van der Waals surface area (Å²) < 4.78 is 15.8. The molecule has 27 heavy (non-hydrogen) atoms. The van der Waals surface area contributed by atoms with Crippen molar-refractivity contribution < 1.29 is 18.5 Å². The summed E-state index contributed by atoms with van der Waals surface area (Å²) in [5.74, 6) is 1.11. The fourth-order valence-corrected chi connectivity index (χ4v) is 2.93. The molecule has 0 aliphatic carbocycles. The van der Waals surface area contributed by atoms with Gasteiger partial charge in [0.1, 0.15) is 0 Å². The molecule has 9 heteroatoms. The molecule has 0 saturated carbocycles. The molecule has 136 valence electrons. The van der Waals surface area contributed by atoms with Crippen molar-refractivity contribution in [2.45, 2.75) is 19.4 Å². The quantitative estimate of drug-likeness (QED) is 0.447. The number of nitrogens with zero attached hydrogens (tertiary/aromatic N) is 4. The van der Waals surface area contributed by atoms with E-state index >= 15 is 0 Å². The van der Waals surface area contributed by atoms with E-state index in [0.29, 0.717) is 24.0 Å². The molecule has 0 saturated heterocycles. The Hall–Kier alpha value is -3.33. The number of benzene rings is 1. The Morgan fingerprint density at radius 2 is 1.96 bits per heavy atom. The number of ether oxygens (including phenoxy) is 1. The lowest BCUT2D eigenvalue weighted by molar-refractivity contribution is -0.145. The van der Waals surface area contributed by atoms with Gasteiger partial charge < -0.3 is 13.7 Å². The van der Waals surface area contributed by atoms with Gasteiger partial charge in [-0.05, 0) is 23.6 Å². The van der Waals surface area contributed by atoms with Crippen LogP contribution in [0.25, 0.3) is 22.8 Å². The van der Waals surface area contributed by atoms with Crippen LogP contribution in [0.5, 0.6) is 0 Å². The van der Waals surface area contributed by atoms with Crippen LogP contribution in [0.4, 0.5) is 0 Å². The SMILES string of the molecule is O=C(CCc1nnc(-c2ccccc2)o1)OCc1nc(-c2ccsc2)no1. The fraction of sp³-hybridized carbons (Fsp3) is 0.167. The molecule has 0 fully saturated rings. The van der Waals surface area contributed by atoms with Crippen LogP contribution in [-0.4, -0.2) is 26.3 Å². The van der Waals surface area contributed by atoms with E-state index in [1.54, 1.807) is 0 Å². The van der Waals surface area contributed by atoms with Crippen LogP contribution < -0.4 is 0 Å². The van der Waals surface area contributed by atoms with E-state index in [-0.39, 0.29) is 18.9 Å². The minimum atomic E-state index is -0.412. The van der Waals surface area contributed by atoms with Crippen LogP contribution in [0.3, 0.4) is 0 Å². The van der Waals surface area contributed by atoms with Gasteiger partial charge in [0.15, 0.2) is 6.61 Å². The van der Waals surface area contributed by atoms with Gasteiger partial charge >= 0.3 is 5.97 Å². The first-order valence-corrected chi connectivity index (χ1v) is 9.11. The van der Waals surface area contributed by atoms with Crippen LogP contribution in [0, 0.1) is 0 Å². The van der Waals surface area contributed by atoms with Crippen molar-refractivity contribution >= 4 is 17.3 Å². The summed E-state index contributed by atoms with van der Waals surface area (Å²) in [5, 5.41) is 15.6. The Kier molecular flexibility index (Phi) is 5.01. The Morgan fingerprint density at radius 1 is 1.07 bits per heavy atom. The average molecular weight is 382 g/mol. The fourth-order valence-electron chi connectivity index (χ4n) is 2.30. The Bertz CT molecular complexity index is 1010. The first-order chi connectivity index (χ1) is 13.3. The van der Waals surface area contributed by atoms with Gasteiger partial charge in [-0.3, -0.25) is 4.79 Å². The molecule has 8 nitrogen and oxygen atoms in total. The van der Waals surface area contributed by atoms with E-state index in [1.165, 1.54) is 11.3 Å². The molecule has 0 amide bonds. The summed E-state index contributed by atoms with van der Waals surface area (Å²) >= 11 is 1.54. The van der Waals surface area contributed by atoms with E-state index in [2.05, 4.69) is 20.3 Å². The van der Waals surface area contributed by atoms with Gasteiger partial charge in [0.05, 0.1) is 6.42 Å². The van der Waals surface area contributed by atoms with Gasteiger partial charge in [0.2, 0.25) is 17.6 Å². The summed E-state index contributed by atoms with van der Waals surface area (Å²) in [6.07, 6.45) is 0.407. The van der Waals surface area contributed by atoms with Gasteiger partial charge in [-0.25, -0.2) is 0 Å². The predicted molar refractivity (Wildman–Crippen MR) is 95.5 cm³/mol. The standard InChI is InChI=1S/C18H14N4O4S/c23-16(24-10-15-19-17(22-26-15)13-8-9-27-11-13)7-6-14-20-21-18(25-14)12-4-2-1-3-5-12/h1-5,8-9,11H,6-7,10H2. The lowest BCUT2D eigenvalue weighted by Crippen LogP contribution is -2.06. The Balaban J connectivity index is 1.26. The zero-order chi connectivity index (χ0) is 18.5. The maximum Gasteiger partial charge on any atom is 0.306 e. The number of aryl methyl sites for hydroxylation is 1. The third-order valence-corrected chi connectivity index (χ3v) is 4.32. The predicted octanol–water partition coefficient (Wildman–Crippen LogP) is 3.52. The molecule has 0 radical (unpaired) electrons. The summed E-state index contributed by atoms with van der Waals surface area (Å²) in [4.78, 5) is 16.1. The van der Waals surface area contributed by atoms with E-state index in [4.69, 9.17) is 13.7 Å². The van der Waals surface area contributed by atoms with Crippen molar-refractivity contribution in [3.63, 3.8) is 0 Å². The van der Waals surface area contributed by atoms with Crippen molar-refractivity contribution in [1.29, 1.82) is 0 Å². The van der Waals surface area contributed by atoms with E-state index in [0.717, 1.165) is 11.1 Å². The van der Waals surface area contributed by atoms with Gasteiger partial charge in [-0.2, -0.15) is 16.3 Å². The zero-order valence-electron chi connectivity index (χ0n) is 14.1. The summed E-state index contributed by atoms with van der Waals surface area (Å²) in [5.41, 5.74) is 1.70. The smallest absolute Gasteiger partial charge is 0.306 e. The number of hydrogen-bond donors (Lipinski definition) is 0. The van der Waals surface area contributed by atoms with E-state index < -0.39 is 5.97 Å². The normalized spacial score (nSPS) is 10.8. The van der Waals surface area contributed by atoms with E-state index in [1.807, 2.05) is 47.2 Å². The number of rotatable bonds is 7. The van der Waals surface area contributed by atoms with Crippen LogP contribution in [-0.2, 0) is 22.6 Å². The van der Waals surface area contributed by atoms with Gasteiger partial charge in [-0.15, -0.1) is 10.2 Å². The van der Waals surface area contributed by atoms with Crippen LogP contribution in [0.1, 0.15) is 18.2 Å². The first kappa shape index (κ1) is 17.1. The number of esters is 1. The molecular formula is C18H14N4O4S. The summed E-state index contributed by atoms with van der Waals surface area (Å²) in [7, 11) is 0. The monoisotopic (exact) mass is 382 g/mol. The molecule has 0 atom stereocenters. The minimum absolute atomic E-state index is 0.0743. The lowest BCUT2D eigenvalue weighted by atomic mass is 10.2. The molecule has 0 aliphatic heterocycles. The van der Waals surface area contributed by atoms with Crippen molar-refractivity contribution in [3.05, 3.63) is 58.9 Å². The first-order valence-electron chi connectivity index (χ1n) is 8.16. The highest BCUT2D eigenvalue weighted by Crippen LogP contribution is 2.19. The van der Waals surface area contributed by atoms with Crippen molar-refractivity contribution in [2.75, 3.05) is 0 Å². The highest BCUT2D eigenvalue weighted by Gasteiger charge is 2.13. The molecule has 1 aromatic carbocycles. The van der Waals surface area contributed by atoms with Crippen LogP contribution >= 0.6 is 11.3 Å². The lowest BCUT2D eigenvalue weighted by Gasteiger charge is -1.99. The van der Waals surface area contributed by atoms with Gasteiger partial charge in [0, 0.05) is 22.9 Å². The molecule has 0 unspecified atom stereocenters. The summed E-state index contributed by atoms with van der Waals surface area (Å²) in [6.45, 7) is -0.0743. The second-order valence-corrected chi connectivity index (χ2v) is 6.33. The average Bonchev–Trinajstić information content (AvgIpc) is 3.47. The number of carbonyl (C=O) groups is 1. The number of carbonyl (C=O) groups excluding carboxylic acids is 1. The number of hydrogen-bond acceptors (Lipinski definition) is 9. The Labute approximate surface area is 157 Å². The van der Waals surface area contributed by atoms with Gasteiger partial charge in [0.25, 0.3) is 5.89 Å². The summed E-state index contributed by atoms with van der Waals surface area (Å²) in [6, 6.07) is 11.3. The number of thiophene rings is 1. The van der Waals surface area contributed by atoms with Crippen molar-refractivity contribution in [1.82, 2.24) is 20.3 Å². The largest absolute Gasteiger partial charge is 0.456 e. The molecule has 3 heterocycles. The molecule has 0 N–H and O–H groups in total. The third-order valence-electron chi connectivity index (χ3n) is 3.63. The van der Waals surface area contributed by atoms with Crippen molar-refractivity contribution in [2.24, 2.45) is 0 Å². The van der Waals surface area contributed by atoms with E-state index in [9.17, 15) is 4.79 Å². The molecule has 4 aromatic rings. The molecule has 0 bridgehead atoms. The van der Waals surface area contributed by atoms with Crippen LogP contribution in [0.15, 0.2) is 56.1 Å². The van der Waals surface area contributed by atoms with Crippen LogP contribution in [0.2, 0.25) is 0 Å². The topological polar surface area (TPSA) is 104 Å². The molecule has 3 aromatic heterocycles. The molecule has 0 aliphatic rings. The minimum Gasteiger partial charge on any atom is -0.456 e.